The van der Waals surface area contributed by atoms with Crippen LogP contribution in [0.2, 0.25) is 0 Å². The van der Waals surface area contributed by atoms with Gasteiger partial charge in [0.15, 0.2) is 0 Å². The first-order valence-electron chi connectivity index (χ1n) is 9.54. The minimum atomic E-state index is -4.02. The van der Waals surface area contributed by atoms with Gasteiger partial charge >= 0.3 is 0 Å². The highest BCUT2D eigenvalue weighted by Gasteiger charge is 2.30. The van der Waals surface area contributed by atoms with E-state index >= 15 is 0 Å². The second-order valence-corrected chi connectivity index (χ2v) is 9.79. The van der Waals surface area contributed by atoms with Gasteiger partial charge in [-0.1, -0.05) is 58.4 Å². The van der Waals surface area contributed by atoms with Crippen LogP contribution in [0.5, 0.6) is 5.75 Å². The van der Waals surface area contributed by atoms with Gasteiger partial charge in [-0.2, -0.15) is 4.31 Å². The molecule has 0 radical (unpaired) electrons. The Morgan fingerprint density at radius 2 is 1.77 bits per heavy atom. The van der Waals surface area contributed by atoms with Crippen LogP contribution >= 0.6 is 15.9 Å². The van der Waals surface area contributed by atoms with E-state index < -0.39 is 15.9 Å². The molecule has 3 rings (SSSR count). The Bertz CT molecular complexity index is 1170. The monoisotopic (exact) mass is 502 g/mol. The van der Waals surface area contributed by atoms with Gasteiger partial charge in [-0.3, -0.25) is 4.79 Å². The smallest absolute Gasteiger partial charge is 0.247 e. The number of rotatable bonds is 8. The van der Waals surface area contributed by atoms with Gasteiger partial charge in [-0.25, -0.2) is 8.42 Å². The average molecular weight is 503 g/mol. The van der Waals surface area contributed by atoms with E-state index in [9.17, 15) is 13.2 Å². The molecule has 0 aliphatic heterocycles. The maximum Gasteiger partial charge on any atom is 0.247 e. The van der Waals surface area contributed by atoms with Crippen LogP contribution in [0.4, 0.5) is 5.69 Å². The van der Waals surface area contributed by atoms with Crippen molar-refractivity contribution in [3.63, 3.8) is 0 Å². The number of benzene rings is 3. The fourth-order valence-electron chi connectivity index (χ4n) is 3.06. The molecule has 0 atom stereocenters. The number of aryl methyl sites for hydroxylation is 1. The lowest BCUT2D eigenvalue weighted by molar-refractivity contribution is -0.116. The molecular formula is C23H23BrN2O4S. The van der Waals surface area contributed by atoms with Crippen molar-refractivity contribution < 1.29 is 17.9 Å². The summed E-state index contributed by atoms with van der Waals surface area (Å²) in [5.74, 6) is -0.208. The lowest BCUT2D eigenvalue weighted by Crippen LogP contribution is -2.37. The van der Waals surface area contributed by atoms with Crippen LogP contribution in [0.25, 0.3) is 0 Å². The summed E-state index contributed by atoms with van der Waals surface area (Å²) < 4.78 is 34.4. The molecule has 0 aliphatic rings. The number of halogens is 1. The summed E-state index contributed by atoms with van der Waals surface area (Å²) in [6, 6.07) is 21.2. The van der Waals surface area contributed by atoms with Crippen molar-refractivity contribution in [2.45, 2.75) is 18.4 Å². The Morgan fingerprint density at radius 1 is 1.03 bits per heavy atom. The number of hydrogen-bond donors (Lipinski definition) is 1. The number of nitrogens with one attached hydrogen (secondary N) is 1. The predicted octanol–water partition coefficient (Wildman–Crippen LogP) is 4.60. The van der Waals surface area contributed by atoms with E-state index in [0.717, 1.165) is 19.9 Å². The zero-order chi connectivity index (χ0) is 22.4. The number of sulfonamides is 1. The number of ether oxygens (including phenoxy) is 1. The Hall–Kier alpha value is -2.68. The van der Waals surface area contributed by atoms with Gasteiger partial charge < -0.3 is 10.1 Å². The van der Waals surface area contributed by atoms with Gasteiger partial charge in [-0.15, -0.1) is 0 Å². The lowest BCUT2D eigenvalue weighted by atomic mass is 10.2. The number of nitrogens with zero attached hydrogens (tertiary/aromatic N) is 1. The SMILES string of the molecule is COc1ccc(C)cc1S(=O)(=O)N(CC(=O)Nc1cccc(Br)c1)Cc1ccccc1. The van der Waals surface area contributed by atoms with Gasteiger partial charge in [0.05, 0.1) is 13.7 Å². The minimum Gasteiger partial charge on any atom is -0.495 e. The maximum atomic E-state index is 13.6. The third kappa shape index (κ3) is 5.94. The molecule has 0 aliphatic carbocycles. The number of carbonyl (C=O) groups excluding carboxylic acids is 1. The first-order valence-corrected chi connectivity index (χ1v) is 11.8. The second kappa shape index (κ2) is 10.1. The third-order valence-electron chi connectivity index (χ3n) is 4.57. The minimum absolute atomic E-state index is 0.0289. The molecule has 0 heterocycles. The first kappa shape index (κ1) is 23.0. The predicted molar refractivity (Wildman–Crippen MR) is 125 cm³/mol. The first-order chi connectivity index (χ1) is 14.8. The molecule has 0 unspecified atom stereocenters. The highest BCUT2D eigenvalue weighted by Crippen LogP contribution is 2.29. The van der Waals surface area contributed by atoms with Crippen molar-refractivity contribution in [2.75, 3.05) is 19.0 Å². The van der Waals surface area contributed by atoms with E-state index in [0.29, 0.717) is 5.69 Å². The number of anilines is 1. The summed E-state index contributed by atoms with van der Waals surface area (Å²) in [5, 5.41) is 2.76. The summed E-state index contributed by atoms with van der Waals surface area (Å²) in [6.07, 6.45) is 0. The zero-order valence-electron chi connectivity index (χ0n) is 17.2. The van der Waals surface area contributed by atoms with Crippen molar-refractivity contribution in [1.29, 1.82) is 0 Å². The Balaban J connectivity index is 1.94. The molecule has 0 saturated heterocycles. The van der Waals surface area contributed by atoms with Crippen molar-refractivity contribution in [3.05, 3.63) is 88.4 Å². The molecule has 8 heteroatoms. The van der Waals surface area contributed by atoms with Crippen LogP contribution in [0.3, 0.4) is 0 Å². The molecule has 0 fully saturated rings. The Morgan fingerprint density at radius 3 is 2.45 bits per heavy atom. The average Bonchev–Trinajstić information content (AvgIpc) is 2.74. The summed E-state index contributed by atoms with van der Waals surface area (Å²) in [7, 11) is -2.60. The summed E-state index contributed by atoms with van der Waals surface area (Å²) in [6.45, 7) is 1.51. The van der Waals surface area contributed by atoms with Gasteiger partial charge in [0.25, 0.3) is 0 Å². The fraction of sp³-hybridized carbons (Fsp3) is 0.174. The normalized spacial score (nSPS) is 11.4. The largest absolute Gasteiger partial charge is 0.495 e. The van der Waals surface area contributed by atoms with Gasteiger partial charge in [0.1, 0.15) is 10.6 Å². The van der Waals surface area contributed by atoms with Crippen molar-refractivity contribution >= 4 is 37.5 Å². The summed E-state index contributed by atoms with van der Waals surface area (Å²) >= 11 is 3.36. The summed E-state index contributed by atoms with van der Waals surface area (Å²) in [5.41, 5.74) is 2.12. The second-order valence-electron chi connectivity index (χ2n) is 6.97. The van der Waals surface area contributed by atoms with Crippen LogP contribution in [0.1, 0.15) is 11.1 Å². The van der Waals surface area contributed by atoms with Gasteiger partial charge in [0.2, 0.25) is 15.9 Å². The fourth-order valence-corrected chi connectivity index (χ4v) is 5.09. The highest BCUT2D eigenvalue weighted by atomic mass is 79.9. The topological polar surface area (TPSA) is 75.7 Å². The molecule has 1 amide bonds. The van der Waals surface area contributed by atoms with Crippen LogP contribution in [0, 0.1) is 6.92 Å². The van der Waals surface area contributed by atoms with E-state index in [2.05, 4.69) is 21.2 Å². The molecular weight excluding hydrogens is 480 g/mol. The highest BCUT2D eigenvalue weighted by molar-refractivity contribution is 9.10. The number of hydrogen-bond acceptors (Lipinski definition) is 4. The molecule has 0 spiro atoms. The molecule has 3 aromatic carbocycles. The van der Waals surface area contributed by atoms with Crippen LogP contribution in [-0.2, 0) is 21.4 Å². The van der Waals surface area contributed by atoms with Crippen LogP contribution < -0.4 is 10.1 Å². The number of carbonyl (C=O) groups is 1. The van der Waals surface area contributed by atoms with Crippen LogP contribution in [-0.4, -0.2) is 32.3 Å². The number of methoxy groups -OCH3 is 1. The molecule has 3 aromatic rings. The van der Waals surface area contributed by atoms with Crippen molar-refractivity contribution in [1.82, 2.24) is 4.31 Å². The standard InChI is InChI=1S/C23H23BrN2O4S/c1-17-11-12-21(30-2)22(13-17)31(28,29)26(15-18-7-4-3-5-8-18)16-23(27)25-20-10-6-9-19(24)14-20/h3-14H,15-16H2,1-2H3,(H,25,27). The molecule has 31 heavy (non-hydrogen) atoms. The molecule has 0 saturated carbocycles. The summed E-state index contributed by atoms with van der Waals surface area (Å²) in [4.78, 5) is 12.8. The van der Waals surface area contributed by atoms with Gasteiger partial charge in [-0.05, 0) is 48.4 Å². The van der Waals surface area contributed by atoms with Crippen molar-refractivity contribution in [3.8, 4) is 5.75 Å². The third-order valence-corrected chi connectivity index (χ3v) is 6.87. The van der Waals surface area contributed by atoms with E-state index in [1.165, 1.54) is 7.11 Å². The van der Waals surface area contributed by atoms with Gasteiger partial charge in [0, 0.05) is 16.7 Å². The van der Waals surface area contributed by atoms with Crippen molar-refractivity contribution in [2.24, 2.45) is 0 Å². The Kier molecular flexibility index (Phi) is 7.48. The van der Waals surface area contributed by atoms with Crippen LogP contribution in [0.15, 0.2) is 82.2 Å². The van der Waals surface area contributed by atoms with E-state index in [4.69, 9.17) is 4.74 Å². The molecule has 6 nitrogen and oxygen atoms in total. The molecule has 0 aromatic heterocycles. The molecule has 1 N–H and O–H groups in total. The molecule has 0 bridgehead atoms. The Labute approximate surface area is 191 Å². The quantitative estimate of drug-likeness (QED) is 0.488. The van der Waals surface area contributed by atoms with E-state index in [1.54, 1.807) is 43.3 Å². The van der Waals surface area contributed by atoms with E-state index in [-0.39, 0.29) is 23.7 Å². The maximum absolute atomic E-state index is 13.6. The number of amides is 1. The zero-order valence-corrected chi connectivity index (χ0v) is 19.6. The molecule has 162 valence electrons. The lowest BCUT2D eigenvalue weighted by Gasteiger charge is -2.23. The van der Waals surface area contributed by atoms with E-state index in [1.807, 2.05) is 36.4 Å².